The average Bonchev–Trinajstić information content (AvgIpc) is 3.89. The maximum Gasteiger partial charge on any atom is 0.264 e. The summed E-state index contributed by atoms with van der Waals surface area (Å²) in [6, 6.07) is 72.6. The van der Waals surface area contributed by atoms with Gasteiger partial charge in [0.15, 0.2) is 0 Å². The van der Waals surface area contributed by atoms with E-state index in [1.54, 1.807) is 0 Å². The summed E-state index contributed by atoms with van der Waals surface area (Å²) in [6.45, 7) is 25.8. The summed E-state index contributed by atoms with van der Waals surface area (Å²) in [5, 5.41) is 9.03. The van der Waals surface area contributed by atoms with Crippen molar-refractivity contribution in [2.45, 2.75) is 98.3 Å². The molecule has 368 valence electrons. The molecule has 0 N–H and O–H groups in total. The molecule has 0 saturated carbocycles. The summed E-state index contributed by atoms with van der Waals surface area (Å²) in [7, 11) is 0. The Morgan fingerprint density at radius 2 is 1.01 bits per heavy atom. The van der Waals surface area contributed by atoms with Crippen LogP contribution in [-0.4, -0.2) is 6.71 Å². The highest BCUT2D eigenvalue weighted by molar-refractivity contribution is 7.33. The van der Waals surface area contributed by atoms with E-state index in [1.165, 1.54) is 137 Å². The van der Waals surface area contributed by atoms with Gasteiger partial charge in [0.05, 0.1) is 11.4 Å². The van der Waals surface area contributed by atoms with E-state index in [9.17, 15) is 0 Å². The first-order valence-corrected chi connectivity index (χ1v) is 27.9. The fraction of sp³-hybridized carbons (Fsp3) is 0.211. The Labute approximate surface area is 448 Å². The Morgan fingerprint density at radius 3 is 1.64 bits per heavy atom. The summed E-state index contributed by atoms with van der Waals surface area (Å²) in [5.41, 5.74) is 20.2. The van der Waals surface area contributed by atoms with Crippen LogP contribution in [0.5, 0.6) is 0 Å². The second-order valence-electron chi connectivity index (χ2n) is 24.7. The highest BCUT2D eigenvalue weighted by Gasteiger charge is 2.46. The van der Waals surface area contributed by atoms with Gasteiger partial charge < -0.3 is 9.80 Å². The molecule has 2 aliphatic heterocycles. The molecule has 0 bridgehead atoms. The Morgan fingerprint density at radius 1 is 0.413 bits per heavy atom. The van der Waals surface area contributed by atoms with E-state index < -0.39 is 0 Å². The Hall–Kier alpha value is -7.40. The Balaban J connectivity index is 1.15. The van der Waals surface area contributed by atoms with E-state index in [4.69, 9.17) is 0 Å². The minimum atomic E-state index is -0.146. The van der Waals surface area contributed by atoms with E-state index in [-0.39, 0.29) is 23.0 Å². The topological polar surface area (TPSA) is 6.48 Å². The van der Waals surface area contributed by atoms with Crippen molar-refractivity contribution in [3.8, 4) is 22.3 Å². The molecule has 13 rings (SSSR count). The average molecular weight is 989 g/mol. The zero-order chi connectivity index (χ0) is 51.9. The third-order valence-corrected chi connectivity index (χ3v) is 17.7. The lowest BCUT2D eigenvalue weighted by molar-refractivity contribution is 0.590. The van der Waals surface area contributed by atoms with Gasteiger partial charge in [0.2, 0.25) is 0 Å². The molecule has 0 saturated heterocycles. The van der Waals surface area contributed by atoms with E-state index in [0.29, 0.717) is 5.92 Å². The van der Waals surface area contributed by atoms with Gasteiger partial charge >= 0.3 is 0 Å². The van der Waals surface area contributed by atoms with Crippen LogP contribution in [0.25, 0.3) is 64.7 Å². The summed E-state index contributed by atoms with van der Waals surface area (Å²) < 4.78 is 2.73. The Bertz CT molecular complexity index is 4070. The molecule has 2 aliphatic rings. The van der Waals surface area contributed by atoms with Crippen LogP contribution in [0, 0.1) is 0 Å². The number of nitrogens with zero attached hydrogens (tertiary/aromatic N) is 2. The van der Waals surface area contributed by atoms with Crippen molar-refractivity contribution in [3.63, 3.8) is 0 Å². The third-order valence-electron chi connectivity index (χ3n) is 16.5. The van der Waals surface area contributed by atoms with Crippen LogP contribution in [0.15, 0.2) is 188 Å². The SMILES string of the molecule is CC(C)c1ccc2sc3c(c2c1)N(c1ccc(C(C)(C)C)cc1)c1cccc2c1B3c1cc(C(C)(C)C)c(-c3ccccc3)cc1N2c1ccc(C(C)(C)C)cc1-c1ccc2c3ccccc3c3ccccc3c2c1. The minimum absolute atomic E-state index is 0.00835. The van der Waals surface area contributed by atoms with Crippen molar-refractivity contribution in [1.82, 2.24) is 0 Å². The van der Waals surface area contributed by atoms with Crippen LogP contribution >= 0.6 is 11.3 Å². The lowest BCUT2D eigenvalue weighted by Gasteiger charge is -2.44. The number of benzene rings is 10. The van der Waals surface area contributed by atoms with Gasteiger partial charge in [0.25, 0.3) is 6.71 Å². The number of hydrogen-bond donors (Lipinski definition) is 0. The molecular formula is C71H65BN2S. The molecule has 1 aromatic heterocycles. The predicted octanol–water partition coefficient (Wildman–Crippen LogP) is 18.8. The largest absolute Gasteiger partial charge is 0.311 e. The molecule has 11 aromatic rings. The van der Waals surface area contributed by atoms with Gasteiger partial charge in [0, 0.05) is 43.2 Å². The van der Waals surface area contributed by atoms with E-state index in [1.807, 2.05) is 11.3 Å². The number of rotatable bonds is 5. The first kappa shape index (κ1) is 47.3. The standard InChI is InChI=1S/C71H65BN2S/c1-43(2)45-29-37-65-58(38-45)67-68(75-65)72-60-42-59(71(9,10)11)55(44-20-13-12-14-21-44)41-64(60)74(63-27-19-26-62(66(63)72)73(67)49-33-30-47(31-34-49)69(3,4)5)61-36-32-48(70(6,7)8)40-56(61)46-28-35-54-52-24-16-15-22-50(52)51-23-17-18-25-53(51)57(54)39-46/h12-43H,1-11H3. The number of fused-ring (bicyclic) bond motifs is 12. The fourth-order valence-corrected chi connectivity index (χ4v) is 13.8. The zero-order valence-corrected chi connectivity index (χ0v) is 46.2. The number of hydrogen-bond acceptors (Lipinski definition) is 3. The molecule has 0 atom stereocenters. The molecule has 75 heavy (non-hydrogen) atoms. The summed E-state index contributed by atoms with van der Waals surface area (Å²) in [5.74, 6) is 0.404. The third kappa shape index (κ3) is 7.57. The lowest BCUT2D eigenvalue weighted by Crippen LogP contribution is -2.60. The second-order valence-corrected chi connectivity index (χ2v) is 25.8. The predicted molar refractivity (Wildman–Crippen MR) is 329 cm³/mol. The van der Waals surface area contributed by atoms with Crippen molar-refractivity contribution in [2.75, 3.05) is 9.80 Å². The summed E-state index contributed by atoms with van der Waals surface area (Å²) in [4.78, 5) is 5.28. The van der Waals surface area contributed by atoms with Crippen LogP contribution in [0.3, 0.4) is 0 Å². The van der Waals surface area contributed by atoms with Crippen LogP contribution in [0.1, 0.15) is 104 Å². The van der Waals surface area contributed by atoms with Crippen LogP contribution in [0.2, 0.25) is 0 Å². The second kappa shape index (κ2) is 17.1. The molecule has 0 amide bonds. The first-order chi connectivity index (χ1) is 35.9. The first-order valence-electron chi connectivity index (χ1n) is 27.1. The van der Waals surface area contributed by atoms with E-state index in [2.05, 4.69) is 274 Å². The fourth-order valence-electron chi connectivity index (χ4n) is 12.5. The number of anilines is 6. The molecule has 0 spiro atoms. The van der Waals surface area contributed by atoms with Crippen LogP contribution in [0.4, 0.5) is 34.1 Å². The van der Waals surface area contributed by atoms with Gasteiger partial charge in [0.1, 0.15) is 0 Å². The molecule has 0 radical (unpaired) electrons. The smallest absolute Gasteiger partial charge is 0.264 e. The lowest BCUT2D eigenvalue weighted by atomic mass is 9.36. The maximum absolute atomic E-state index is 2.66. The van der Waals surface area contributed by atoms with Gasteiger partial charge in [-0.2, -0.15) is 0 Å². The molecule has 3 heterocycles. The van der Waals surface area contributed by atoms with Crippen LogP contribution in [-0.2, 0) is 16.2 Å². The van der Waals surface area contributed by atoms with Crippen molar-refractivity contribution < 1.29 is 0 Å². The van der Waals surface area contributed by atoms with Gasteiger partial charge in [-0.1, -0.05) is 204 Å². The molecule has 10 aromatic carbocycles. The molecule has 0 aliphatic carbocycles. The molecule has 4 heteroatoms. The van der Waals surface area contributed by atoms with Crippen LogP contribution < -0.4 is 25.5 Å². The van der Waals surface area contributed by atoms with Crippen molar-refractivity contribution in [3.05, 3.63) is 210 Å². The van der Waals surface area contributed by atoms with Gasteiger partial charge in [-0.3, -0.25) is 0 Å². The number of thiophene rings is 1. The molecular weight excluding hydrogens is 924 g/mol. The normalized spacial score (nSPS) is 13.6. The maximum atomic E-state index is 2.66. The minimum Gasteiger partial charge on any atom is -0.311 e. The highest BCUT2D eigenvalue weighted by Crippen LogP contribution is 2.52. The van der Waals surface area contributed by atoms with Gasteiger partial charge in [-0.15, -0.1) is 11.3 Å². The molecule has 0 unspecified atom stereocenters. The van der Waals surface area contributed by atoms with Crippen molar-refractivity contribution in [1.29, 1.82) is 0 Å². The Kier molecular flexibility index (Phi) is 10.8. The quantitative estimate of drug-likeness (QED) is 0.125. The zero-order valence-electron chi connectivity index (χ0n) is 45.4. The monoisotopic (exact) mass is 988 g/mol. The van der Waals surface area contributed by atoms with E-state index in [0.717, 1.165) is 0 Å². The molecule has 2 nitrogen and oxygen atoms in total. The van der Waals surface area contributed by atoms with Crippen molar-refractivity contribution >= 4 is 110 Å². The summed E-state index contributed by atoms with van der Waals surface area (Å²) >= 11 is 1.99. The molecule has 0 fully saturated rings. The van der Waals surface area contributed by atoms with E-state index >= 15 is 0 Å². The van der Waals surface area contributed by atoms with Crippen molar-refractivity contribution in [2.24, 2.45) is 0 Å². The van der Waals surface area contributed by atoms with Gasteiger partial charge in [-0.25, -0.2) is 0 Å². The highest BCUT2D eigenvalue weighted by atomic mass is 32.1. The summed E-state index contributed by atoms with van der Waals surface area (Å²) in [6.07, 6.45) is 0. The van der Waals surface area contributed by atoms with Gasteiger partial charge in [-0.05, 0) is 165 Å².